The van der Waals surface area contributed by atoms with Crippen molar-refractivity contribution in [1.29, 1.82) is 0 Å². The van der Waals surface area contributed by atoms with E-state index >= 15 is 0 Å². The molecule has 2 aromatic rings. The minimum absolute atomic E-state index is 0.0821. The smallest absolute Gasteiger partial charge is 0.246 e. The highest BCUT2D eigenvalue weighted by atomic mass is 35.5. The molecule has 0 atom stereocenters. The van der Waals surface area contributed by atoms with E-state index in [4.69, 9.17) is 34.8 Å². The average molecular weight is 319 g/mol. The number of nitrogens with one attached hydrogen (secondary N) is 1. The molecule has 0 unspecified atom stereocenters. The van der Waals surface area contributed by atoms with Crippen molar-refractivity contribution in [2.24, 2.45) is 0 Å². The first-order valence-electron chi connectivity index (χ1n) is 5.40. The monoisotopic (exact) mass is 317 g/mol. The maximum absolute atomic E-state index is 11.8. The van der Waals surface area contributed by atoms with Crippen molar-refractivity contribution in [3.8, 4) is 0 Å². The van der Waals surface area contributed by atoms with Gasteiger partial charge in [0.05, 0.1) is 27.0 Å². The molecular formula is C12H10Cl3N3O. The first-order valence-corrected chi connectivity index (χ1v) is 6.53. The molecule has 0 spiro atoms. The molecule has 0 radical (unpaired) electrons. The van der Waals surface area contributed by atoms with E-state index in [9.17, 15) is 4.79 Å². The van der Waals surface area contributed by atoms with Crippen molar-refractivity contribution in [3.63, 3.8) is 0 Å². The van der Waals surface area contributed by atoms with E-state index in [2.05, 4.69) is 10.4 Å². The van der Waals surface area contributed by atoms with Gasteiger partial charge in [-0.1, -0.05) is 34.8 Å². The zero-order valence-corrected chi connectivity index (χ0v) is 12.2. The molecule has 1 N–H and O–H groups in total. The molecule has 0 aliphatic heterocycles. The summed E-state index contributed by atoms with van der Waals surface area (Å²) in [5, 5.41) is 8.07. The van der Waals surface area contributed by atoms with Crippen molar-refractivity contribution in [3.05, 3.63) is 45.2 Å². The fraction of sp³-hybridized carbons (Fsp3) is 0.167. The molecular weight excluding hydrogens is 309 g/mol. The Bertz CT molecular complexity index is 625. The van der Waals surface area contributed by atoms with E-state index in [1.54, 1.807) is 25.1 Å². The highest BCUT2D eigenvalue weighted by Crippen LogP contribution is 2.25. The lowest BCUT2D eigenvalue weighted by Crippen LogP contribution is -2.20. The van der Waals surface area contributed by atoms with Gasteiger partial charge in [0, 0.05) is 5.69 Å². The van der Waals surface area contributed by atoms with Crippen LogP contribution in [0.2, 0.25) is 15.1 Å². The number of halogens is 3. The van der Waals surface area contributed by atoms with Crippen LogP contribution in [-0.4, -0.2) is 15.7 Å². The van der Waals surface area contributed by atoms with Gasteiger partial charge in [0.2, 0.25) is 5.91 Å². The number of benzene rings is 1. The second-order valence-corrected chi connectivity index (χ2v) is 5.13. The molecule has 2 rings (SSSR count). The second kappa shape index (κ2) is 5.82. The van der Waals surface area contributed by atoms with E-state index < -0.39 is 0 Å². The van der Waals surface area contributed by atoms with E-state index in [1.807, 2.05) is 0 Å². The van der Waals surface area contributed by atoms with Crippen LogP contribution in [0.1, 0.15) is 5.69 Å². The molecule has 0 aliphatic rings. The molecule has 0 bridgehead atoms. The summed E-state index contributed by atoms with van der Waals surface area (Å²) >= 11 is 17.5. The van der Waals surface area contributed by atoms with Gasteiger partial charge in [0.1, 0.15) is 6.54 Å². The lowest BCUT2D eigenvalue weighted by Gasteiger charge is -2.07. The Balaban J connectivity index is 2.05. The first-order chi connectivity index (χ1) is 8.97. The fourth-order valence-corrected chi connectivity index (χ4v) is 1.93. The zero-order valence-electron chi connectivity index (χ0n) is 9.95. The average Bonchev–Trinajstić information content (AvgIpc) is 2.66. The minimum Gasteiger partial charge on any atom is -0.324 e. The molecule has 0 aliphatic carbocycles. The first kappa shape index (κ1) is 14.2. The van der Waals surface area contributed by atoms with E-state index in [-0.39, 0.29) is 12.5 Å². The number of rotatable bonds is 3. The van der Waals surface area contributed by atoms with E-state index in [0.29, 0.717) is 20.8 Å². The largest absolute Gasteiger partial charge is 0.324 e. The predicted octanol–water partition coefficient (Wildman–Crippen LogP) is 3.79. The van der Waals surface area contributed by atoms with Gasteiger partial charge in [-0.25, -0.2) is 0 Å². The Labute approximate surface area is 125 Å². The number of hydrogen-bond acceptors (Lipinski definition) is 2. The van der Waals surface area contributed by atoms with Gasteiger partial charge in [-0.2, -0.15) is 5.10 Å². The van der Waals surface area contributed by atoms with Gasteiger partial charge in [-0.3, -0.25) is 9.48 Å². The normalized spacial score (nSPS) is 10.5. The van der Waals surface area contributed by atoms with Crippen LogP contribution in [0.5, 0.6) is 0 Å². The molecule has 19 heavy (non-hydrogen) atoms. The summed E-state index contributed by atoms with van der Waals surface area (Å²) in [7, 11) is 0. The predicted molar refractivity (Wildman–Crippen MR) is 77.1 cm³/mol. The fourth-order valence-electron chi connectivity index (χ4n) is 1.49. The van der Waals surface area contributed by atoms with Gasteiger partial charge in [0.15, 0.2) is 0 Å². The molecule has 1 amide bonds. The summed E-state index contributed by atoms with van der Waals surface area (Å²) in [6.45, 7) is 1.88. The zero-order chi connectivity index (χ0) is 14.0. The maximum atomic E-state index is 11.8. The Morgan fingerprint density at radius 2 is 2.00 bits per heavy atom. The second-order valence-electron chi connectivity index (χ2n) is 3.91. The van der Waals surface area contributed by atoms with Crippen LogP contribution < -0.4 is 5.32 Å². The molecule has 100 valence electrons. The van der Waals surface area contributed by atoms with Gasteiger partial charge in [-0.15, -0.1) is 0 Å². The van der Waals surface area contributed by atoms with Crippen LogP contribution in [0.3, 0.4) is 0 Å². The molecule has 1 heterocycles. The van der Waals surface area contributed by atoms with Crippen LogP contribution in [0, 0.1) is 6.92 Å². The topological polar surface area (TPSA) is 46.9 Å². The van der Waals surface area contributed by atoms with Gasteiger partial charge in [0.25, 0.3) is 0 Å². The number of nitrogens with zero attached hydrogens (tertiary/aromatic N) is 2. The maximum Gasteiger partial charge on any atom is 0.246 e. The Morgan fingerprint density at radius 1 is 1.26 bits per heavy atom. The number of anilines is 1. The van der Waals surface area contributed by atoms with Gasteiger partial charge in [-0.05, 0) is 25.1 Å². The van der Waals surface area contributed by atoms with Crippen molar-refractivity contribution < 1.29 is 4.79 Å². The quantitative estimate of drug-likeness (QED) is 0.936. The summed E-state index contributed by atoms with van der Waals surface area (Å²) in [5.41, 5.74) is 1.32. The molecule has 0 saturated carbocycles. The molecule has 7 heteroatoms. The third-order valence-electron chi connectivity index (χ3n) is 2.54. The van der Waals surface area contributed by atoms with Crippen molar-refractivity contribution in [2.45, 2.75) is 13.5 Å². The summed E-state index contributed by atoms with van der Waals surface area (Å²) in [6.07, 6.45) is 1.50. The molecule has 1 aromatic carbocycles. The number of aromatic nitrogens is 2. The number of carbonyl (C=O) groups is 1. The van der Waals surface area contributed by atoms with Gasteiger partial charge >= 0.3 is 0 Å². The lowest BCUT2D eigenvalue weighted by molar-refractivity contribution is -0.116. The number of carbonyl (C=O) groups excluding carboxylic acids is 1. The molecule has 1 aromatic heterocycles. The van der Waals surface area contributed by atoms with E-state index in [1.165, 1.54) is 10.9 Å². The Morgan fingerprint density at radius 3 is 2.58 bits per heavy atom. The van der Waals surface area contributed by atoms with Crippen molar-refractivity contribution in [1.82, 2.24) is 9.78 Å². The molecule has 4 nitrogen and oxygen atoms in total. The highest BCUT2D eigenvalue weighted by molar-refractivity contribution is 6.42. The van der Waals surface area contributed by atoms with Crippen molar-refractivity contribution in [2.75, 3.05) is 5.32 Å². The minimum atomic E-state index is -0.221. The highest BCUT2D eigenvalue weighted by Gasteiger charge is 2.09. The number of amides is 1. The van der Waals surface area contributed by atoms with Crippen LogP contribution >= 0.6 is 34.8 Å². The van der Waals surface area contributed by atoms with Crippen LogP contribution in [-0.2, 0) is 11.3 Å². The molecule has 0 fully saturated rings. The lowest BCUT2D eigenvalue weighted by atomic mass is 10.3. The van der Waals surface area contributed by atoms with Crippen LogP contribution in [0.15, 0.2) is 24.4 Å². The van der Waals surface area contributed by atoms with Gasteiger partial charge < -0.3 is 5.32 Å². The summed E-state index contributed by atoms with van der Waals surface area (Å²) in [5.74, 6) is -0.221. The Hall–Kier alpha value is -1.23. The van der Waals surface area contributed by atoms with Crippen LogP contribution in [0.25, 0.3) is 0 Å². The summed E-state index contributed by atoms with van der Waals surface area (Å²) < 4.78 is 1.52. The third kappa shape index (κ3) is 3.41. The van der Waals surface area contributed by atoms with Crippen LogP contribution in [0.4, 0.5) is 5.69 Å². The Kier molecular flexibility index (Phi) is 4.34. The summed E-state index contributed by atoms with van der Waals surface area (Å²) in [6, 6.07) is 4.88. The standard InChI is InChI=1S/C12H10Cl3N3O/c1-7-11(15)5-16-18(7)6-12(19)17-8-2-3-9(13)10(14)4-8/h2-5H,6H2,1H3,(H,17,19). The SMILES string of the molecule is Cc1c(Cl)cnn1CC(=O)Nc1ccc(Cl)c(Cl)c1. The third-order valence-corrected chi connectivity index (χ3v) is 3.65. The van der Waals surface area contributed by atoms with Crippen molar-refractivity contribution >= 4 is 46.4 Å². The summed E-state index contributed by atoms with van der Waals surface area (Å²) in [4.78, 5) is 11.8. The number of hydrogen-bond donors (Lipinski definition) is 1. The molecule has 0 saturated heterocycles. The van der Waals surface area contributed by atoms with E-state index in [0.717, 1.165) is 5.69 Å².